The summed E-state index contributed by atoms with van der Waals surface area (Å²) in [6.45, 7) is 4.63. The number of nitrogens with one attached hydrogen (secondary N) is 1. The Labute approximate surface area is 219 Å². The van der Waals surface area contributed by atoms with Crippen molar-refractivity contribution in [2.24, 2.45) is 23.5 Å². The van der Waals surface area contributed by atoms with Crippen molar-refractivity contribution < 1.29 is 39.6 Å². The molecule has 0 unspecified atom stereocenters. The van der Waals surface area contributed by atoms with Gasteiger partial charge in [-0.25, -0.2) is 0 Å². The van der Waals surface area contributed by atoms with E-state index in [-0.39, 0.29) is 41.9 Å². The van der Waals surface area contributed by atoms with Crippen LogP contribution in [0, 0.1) is 17.8 Å². The lowest BCUT2D eigenvalue weighted by atomic mass is 9.58. The predicted molar refractivity (Wildman–Crippen MR) is 136 cm³/mol. The van der Waals surface area contributed by atoms with Gasteiger partial charge in [0.1, 0.15) is 22.8 Å². The molecule has 0 heterocycles. The van der Waals surface area contributed by atoms with Crippen molar-refractivity contribution in [3.63, 3.8) is 0 Å². The Morgan fingerprint density at radius 2 is 1.84 bits per heavy atom. The van der Waals surface area contributed by atoms with Gasteiger partial charge in [-0.2, -0.15) is 0 Å². The number of primary amides is 1. The number of fused-ring (bicyclic) bond motifs is 3. The molecule has 1 aromatic carbocycles. The Morgan fingerprint density at radius 1 is 1.18 bits per heavy atom. The van der Waals surface area contributed by atoms with Crippen molar-refractivity contribution in [2.45, 2.75) is 38.3 Å². The zero-order chi connectivity index (χ0) is 28.3. The van der Waals surface area contributed by atoms with Crippen LogP contribution in [-0.4, -0.2) is 87.4 Å². The fraction of sp³-hybridized carbons (Fsp3) is 0.481. The predicted octanol–water partition coefficient (Wildman–Crippen LogP) is 0.549. The maximum Gasteiger partial charge on any atom is 0.255 e. The minimum Gasteiger partial charge on any atom is -0.510 e. The number of likely N-dealkylation sites (N-methyl/N-ethyl adjacent to an activating group) is 1. The molecule has 3 aliphatic rings. The number of phenols is 1. The van der Waals surface area contributed by atoms with Crippen LogP contribution in [0.1, 0.15) is 46.5 Å². The summed E-state index contributed by atoms with van der Waals surface area (Å²) >= 11 is 0. The van der Waals surface area contributed by atoms with Crippen LogP contribution in [0.15, 0.2) is 34.8 Å². The second-order valence-electron chi connectivity index (χ2n) is 10.9. The van der Waals surface area contributed by atoms with Gasteiger partial charge in [0.05, 0.1) is 18.2 Å². The summed E-state index contributed by atoms with van der Waals surface area (Å²) in [6.07, 6.45) is 0.0227. The molecule has 0 aromatic heterocycles. The molecule has 204 valence electrons. The Bertz CT molecular complexity index is 1310. The molecule has 11 heteroatoms. The van der Waals surface area contributed by atoms with E-state index >= 15 is 0 Å². The third-order valence-electron chi connectivity index (χ3n) is 7.74. The van der Waals surface area contributed by atoms with Crippen molar-refractivity contribution in [2.75, 3.05) is 27.2 Å². The van der Waals surface area contributed by atoms with Crippen molar-refractivity contribution in [1.82, 2.24) is 10.2 Å². The third kappa shape index (κ3) is 4.01. The zero-order valence-corrected chi connectivity index (χ0v) is 21.7. The molecular weight excluding hydrogens is 494 g/mol. The molecule has 38 heavy (non-hydrogen) atoms. The lowest BCUT2D eigenvalue weighted by molar-refractivity contribution is -0.148. The summed E-state index contributed by atoms with van der Waals surface area (Å²) in [5.74, 6) is -7.19. The second-order valence-corrected chi connectivity index (χ2v) is 10.9. The number of amides is 1. The van der Waals surface area contributed by atoms with Crippen LogP contribution in [0.5, 0.6) is 5.75 Å². The van der Waals surface area contributed by atoms with Gasteiger partial charge in [-0.05, 0) is 63.0 Å². The highest BCUT2D eigenvalue weighted by Crippen LogP contribution is 2.52. The minimum atomic E-state index is -2.70. The highest BCUT2D eigenvalue weighted by molar-refractivity contribution is 6.25. The van der Waals surface area contributed by atoms with Crippen molar-refractivity contribution in [3.8, 4) is 5.75 Å². The quantitative estimate of drug-likeness (QED) is 0.216. The Morgan fingerprint density at radius 3 is 2.42 bits per heavy atom. The van der Waals surface area contributed by atoms with E-state index in [2.05, 4.69) is 5.32 Å². The normalized spacial score (nSPS) is 27.0. The van der Waals surface area contributed by atoms with Gasteiger partial charge in [-0.3, -0.25) is 24.1 Å². The average molecular weight is 528 g/mol. The van der Waals surface area contributed by atoms with Gasteiger partial charge in [-0.1, -0.05) is 13.8 Å². The summed E-state index contributed by atoms with van der Waals surface area (Å²) < 4.78 is 0. The highest BCUT2D eigenvalue weighted by atomic mass is 16.3. The SMILES string of the molecule is CC(C)CNCC(=O)c1ccc(O)c2c1C[C@H]1C[C@H]3[C@H](N(C)C)C(O)=C(C(N)=O)C(=O)[C@@]3(O)C(O)=C1C2=O. The van der Waals surface area contributed by atoms with Gasteiger partial charge in [0.15, 0.2) is 17.2 Å². The first kappa shape index (κ1) is 27.5. The van der Waals surface area contributed by atoms with E-state index in [1.807, 2.05) is 13.8 Å². The average Bonchev–Trinajstić information content (AvgIpc) is 2.80. The van der Waals surface area contributed by atoms with Crippen LogP contribution in [-0.2, 0) is 16.0 Å². The molecular formula is C27H33N3O8. The van der Waals surface area contributed by atoms with E-state index in [0.29, 0.717) is 18.0 Å². The number of aliphatic hydroxyl groups is 3. The first-order valence-corrected chi connectivity index (χ1v) is 12.5. The van der Waals surface area contributed by atoms with Crippen molar-refractivity contribution in [1.29, 1.82) is 0 Å². The summed E-state index contributed by atoms with van der Waals surface area (Å²) in [5, 5.41) is 47.4. The Kier molecular flexibility index (Phi) is 6.98. The molecule has 0 fully saturated rings. The molecule has 0 saturated heterocycles. The fourth-order valence-corrected chi connectivity index (χ4v) is 6.08. The van der Waals surface area contributed by atoms with Crippen LogP contribution in [0.4, 0.5) is 0 Å². The molecule has 11 nitrogen and oxygen atoms in total. The standard InChI is InChI=1S/C27H33N3O8/c1-11(2)9-29-10-17(32)13-5-6-16(31)19-14(13)7-12-8-15-21(30(3)4)23(34)20(26(28)37)25(36)27(15,38)24(35)18(12)22(19)33/h5-6,11-12,15,21,29,31,34-35,38H,7-10H2,1-4H3,(H2,28,37)/t12-,15-,21-,27-/m0/s1. The number of ketones is 3. The monoisotopic (exact) mass is 527 g/mol. The number of nitrogens with two attached hydrogens (primary N) is 1. The molecule has 0 saturated carbocycles. The lowest BCUT2D eigenvalue weighted by Crippen LogP contribution is -2.63. The Balaban J connectivity index is 1.85. The largest absolute Gasteiger partial charge is 0.510 e. The van der Waals surface area contributed by atoms with E-state index in [4.69, 9.17) is 5.73 Å². The van der Waals surface area contributed by atoms with Gasteiger partial charge in [0.2, 0.25) is 5.78 Å². The number of Topliss-reactive ketones (excluding diaryl/α,β-unsaturated/α-hetero) is 3. The van der Waals surface area contributed by atoms with Gasteiger partial charge in [0.25, 0.3) is 5.91 Å². The molecule has 0 bridgehead atoms. The number of hydrogen-bond donors (Lipinski definition) is 6. The number of aromatic hydroxyl groups is 1. The van der Waals surface area contributed by atoms with E-state index in [9.17, 15) is 39.6 Å². The first-order chi connectivity index (χ1) is 17.7. The molecule has 0 spiro atoms. The minimum absolute atomic E-state index is 0.0241. The molecule has 1 amide bonds. The summed E-state index contributed by atoms with van der Waals surface area (Å²) in [7, 11) is 3.12. The van der Waals surface area contributed by atoms with Crippen LogP contribution < -0.4 is 11.1 Å². The van der Waals surface area contributed by atoms with Crippen LogP contribution >= 0.6 is 0 Å². The number of benzene rings is 1. The van der Waals surface area contributed by atoms with Crippen molar-refractivity contribution in [3.05, 3.63) is 51.5 Å². The number of aliphatic hydroxyl groups excluding tert-OH is 2. The topological polar surface area (TPSA) is 190 Å². The maximum absolute atomic E-state index is 13.7. The lowest BCUT2D eigenvalue weighted by Gasteiger charge is -2.50. The molecule has 7 N–H and O–H groups in total. The van der Waals surface area contributed by atoms with E-state index in [1.165, 1.54) is 17.0 Å². The maximum atomic E-state index is 13.7. The Hall–Kier alpha value is -3.54. The molecule has 1 aromatic rings. The van der Waals surface area contributed by atoms with E-state index < -0.39 is 63.8 Å². The number of nitrogens with zero attached hydrogens (tertiary/aromatic N) is 1. The summed E-state index contributed by atoms with van der Waals surface area (Å²) in [5.41, 5.74) is 1.91. The third-order valence-corrected chi connectivity index (χ3v) is 7.74. The van der Waals surface area contributed by atoms with Gasteiger partial charge < -0.3 is 31.5 Å². The van der Waals surface area contributed by atoms with E-state index in [1.54, 1.807) is 14.1 Å². The van der Waals surface area contributed by atoms with E-state index in [0.717, 1.165) is 0 Å². The molecule has 0 aliphatic heterocycles. The van der Waals surface area contributed by atoms with Crippen molar-refractivity contribution >= 4 is 23.3 Å². The van der Waals surface area contributed by atoms with Gasteiger partial charge in [0, 0.05) is 17.1 Å². The molecule has 3 aliphatic carbocycles. The molecule has 0 radical (unpaired) electrons. The summed E-state index contributed by atoms with van der Waals surface area (Å²) in [4.78, 5) is 53.6. The number of carbonyl (C=O) groups excluding carboxylic acids is 4. The van der Waals surface area contributed by atoms with Crippen LogP contribution in [0.25, 0.3) is 0 Å². The number of allylic oxidation sites excluding steroid dienone is 1. The first-order valence-electron chi connectivity index (χ1n) is 12.5. The van der Waals surface area contributed by atoms with Gasteiger partial charge >= 0.3 is 0 Å². The zero-order valence-electron chi connectivity index (χ0n) is 21.7. The highest BCUT2D eigenvalue weighted by Gasteiger charge is 2.63. The number of carbonyl (C=O) groups is 4. The number of rotatable bonds is 7. The number of hydrogen-bond acceptors (Lipinski definition) is 10. The van der Waals surface area contributed by atoms with Crippen LogP contribution in [0.3, 0.4) is 0 Å². The summed E-state index contributed by atoms with van der Waals surface area (Å²) in [6, 6.07) is 1.60. The fourth-order valence-electron chi connectivity index (χ4n) is 6.08. The molecule has 4 rings (SSSR count). The second kappa shape index (κ2) is 9.64. The van der Waals surface area contributed by atoms with Gasteiger partial charge in [-0.15, -0.1) is 0 Å². The smallest absolute Gasteiger partial charge is 0.255 e. The number of phenolic OH excluding ortho intramolecular Hbond substituents is 1. The van der Waals surface area contributed by atoms with Crippen LogP contribution in [0.2, 0.25) is 0 Å². The molecule has 4 atom stereocenters.